The molecule has 0 aromatic carbocycles. The minimum absolute atomic E-state index is 0.174. The van der Waals surface area contributed by atoms with Gasteiger partial charge in [-0.3, -0.25) is 0 Å². The van der Waals surface area contributed by atoms with Crippen molar-refractivity contribution in [3.05, 3.63) is 0 Å². The molecule has 23 heavy (non-hydrogen) atoms. The van der Waals surface area contributed by atoms with Crippen LogP contribution in [0.5, 0.6) is 0 Å². The summed E-state index contributed by atoms with van der Waals surface area (Å²) in [6.45, 7) is 10.1. The molecule has 1 heterocycles. The van der Waals surface area contributed by atoms with Crippen LogP contribution in [-0.4, -0.2) is 55.5 Å². The van der Waals surface area contributed by atoms with E-state index in [1.165, 1.54) is 12.8 Å². The summed E-state index contributed by atoms with van der Waals surface area (Å²) < 4.78 is 11.1. The Morgan fingerprint density at radius 2 is 1.96 bits per heavy atom. The Balaban J connectivity index is 1.56. The summed E-state index contributed by atoms with van der Waals surface area (Å²) in [5.74, 6) is 0.851. The van der Waals surface area contributed by atoms with Crippen molar-refractivity contribution in [1.29, 1.82) is 0 Å². The second kappa shape index (κ2) is 8.88. The average Bonchev–Trinajstić information content (AvgIpc) is 3.27. The van der Waals surface area contributed by atoms with Crippen molar-refractivity contribution in [2.24, 2.45) is 5.92 Å². The van der Waals surface area contributed by atoms with Gasteiger partial charge in [0, 0.05) is 32.3 Å². The Hall–Kier alpha value is -0.810. The minimum Gasteiger partial charge on any atom is -0.444 e. The topological polar surface area (TPSA) is 50.8 Å². The summed E-state index contributed by atoms with van der Waals surface area (Å²) in [6.07, 6.45) is 6.77. The van der Waals surface area contributed by atoms with Crippen molar-refractivity contribution < 1.29 is 14.3 Å². The van der Waals surface area contributed by atoms with Crippen LogP contribution in [0, 0.1) is 5.92 Å². The molecule has 1 saturated heterocycles. The summed E-state index contributed by atoms with van der Waals surface area (Å²) in [5.41, 5.74) is -0.415. The lowest BCUT2D eigenvalue weighted by atomic mass is 10.1. The van der Waals surface area contributed by atoms with Gasteiger partial charge in [0.15, 0.2) is 0 Å². The van der Waals surface area contributed by atoms with E-state index in [2.05, 4.69) is 5.32 Å². The van der Waals surface area contributed by atoms with Gasteiger partial charge in [-0.25, -0.2) is 4.79 Å². The first-order valence-corrected chi connectivity index (χ1v) is 9.23. The first-order chi connectivity index (χ1) is 10.9. The van der Waals surface area contributed by atoms with E-state index in [1.54, 1.807) is 0 Å². The van der Waals surface area contributed by atoms with Gasteiger partial charge in [-0.1, -0.05) is 0 Å². The van der Waals surface area contributed by atoms with Gasteiger partial charge in [0.05, 0.1) is 0 Å². The van der Waals surface area contributed by atoms with Crippen LogP contribution in [0.3, 0.4) is 0 Å². The van der Waals surface area contributed by atoms with Crippen LogP contribution >= 0.6 is 0 Å². The van der Waals surface area contributed by atoms with E-state index in [1.807, 2.05) is 25.7 Å². The molecule has 0 radical (unpaired) electrons. The molecule has 0 spiro atoms. The zero-order chi connectivity index (χ0) is 16.7. The fraction of sp³-hybridized carbons (Fsp3) is 0.944. The molecule has 0 bridgehead atoms. The molecule has 5 heteroatoms. The Morgan fingerprint density at radius 1 is 1.17 bits per heavy atom. The molecular formula is C18H34N2O3. The van der Waals surface area contributed by atoms with E-state index in [0.29, 0.717) is 6.04 Å². The van der Waals surface area contributed by atoms with Crippen molar-refractivity contribution in [2.75, 3.05) is 32.8 Å². The molecule has 1 aliphatic heterocycles. The third kappa shape index (κ3) is 8.02. The zero-order valence-electron chi connectivity index (χ0n) is 15.1. The Labute approximate surface area is 141 Å². The minimum atomic E-state index is -0.415. The molecule has 134 valence electrons. The highest BCUT2D eigenvalue weighted by Gasteiger charge is 2.25. The van der Waals surface area contributed by atoms with E-state index in [-0.39, 0.29) is 6.09 Å². The second-order valence-electron chi connectivity index (χ2n) is 7.92. The van der Waals surface area contributed by atoms with Gasteiger partial charge in [0.25, 0.3) is 0 Å². The lowest BCUT2D eigenvalue weighted by molar-refractivity contribution is 0.0256. The Morgan fingerprint density at radius 3 is 2.65 bits per heavy atom. The summed E-state index contributed by atoms with van der Waals surface area (Å²) in [4.78, 5) is 14.0. The van der Waals surface area contributed by atoms with Gasteiger partial charge in [-0.2, -0.15) is 0 Å². The van der Waals surface area contributed by atoms with Crippen LogP contribution < -0.4 is 5.32 Å². The lowest BCUT2D eigenvalue weighted by Gasteiger charge is -2.26. The number of nitrogens with one attached hydrogen (secondary N) is 1. The first-order valence-electron chi connectivity index (χ1n) is 9.23. The van der Waals surface area contributed by atoms with E-state index >= 15 is 0 Å². The predicted octanol–water partition coefficient (Wildman–Crippen LogP) is 3.18. The van der Waals surface area contributed by atoms with E-state index in [4.69, 9.17) is 9.47 Å². The molecule has 0 aromatic heterocycles. The fourth-order valence-corrected chi connectivity index (χ4v) is 2.82. The molecule has 1 aliphatic carbocycles. The number of nitrogens with zero attached hydrogens (tertiary/aromatic N) is 1. The molecule has 1 saturated carbocycles. The van der Waals surface area contributed by atoms with E-state index in [9.17, 15) is 4.79 Å². The van der Waals surface area contributed by atoms with Gasteiger partial charge in [0.1, 0.15) is 5.60 Å². The monoisotopic (exact) mass is 326 g/mol. The molecule has 0 aromatic rings. The zero-order valence-corrected chi connectivity index (χ0v) is 15.1. The number of rotatable bonds is 7. The standard InChI is InChI=1S/C18H34N2O3/c1-18(2,3)23-17(21)20-11-4-6-16(9-12-20)19-10-5-13-22-14-15-7-8-15/h15-16,19H,4-14H2,1-3H3. The first kappa shape index (κ1) is 18.5. The van der Waals surface area contributed by atoms with Gasteiger partial charge in [-0.15, -0.1) is 0 Å². The Kier molecular flexibility index (Phi) is 7.15. The molecule has 1 unspecified atom stereocenters. The quantitative estimate of drug-likeness (QED) is 0.730. The van der Waals surface area contributed by atoms with Crippen molar-refractivity contribution >= 4 is 6.09 Å². The lowest BCUT2D eigenvalue weighted by Crippen LogP contribution is -2.38. The van der Waals surface area contributed by atoms with Crippen molar-refractivity contribution in [3.8, 4) is 0 Å². The summed E-state index contributed by atoms with van der Waals surface area (Å²) in [7, 11) is 0. The largest absolute Gasteiger partial charge is 0.444 e. The Bertz CT molecular complexity index is 364. The maximum absolute atomic E-state index is 12.1. The number of hydrogen-bond donors (Lipinski definition) is 1. The van der Waals surface area contributed by atoms with Crippen LogP contribution in [0.4, 0.5) is 4.79 Å². The maximum atomic E-state index is 12.1. The maximum Gasteiger partial charge on any atom is 0.410 e. The van der Waals surface area contributed by atoms with Crippen LogP contribution in [0.2, 0.25) is 0 Å². The van der Waals surface area contributed by atoms with Crippen LogP contribution in [0.15, 0.2) is 0 Å². The van der Waals surface area contributed by atoms with E-state index < -0.39 is 5.60 Å². The normalized spacial score (nSPS) is 22.7. The number of amides is 1. The van der Waals surface area contributed by atoms with Gasteiger partial charge in [0.2, 0.25) is 0 Å². The molecule has 1 atom stereocenters. The predicted molar refractivity (Wildman–Crippen MR) is 91.6 cm³/mol. The molecule has 5 nitrogen and oxygen atoms in total. The van der Waals surface area contributed by atoms with Crippen molar-refractivity contribution in [1.82, 2.24) is 10.2 Å². The third-order valence-corrected chi connectivity index (χ3v) is 4.33. The summed E-state index contributed by atoms with van der Waals surface area (Å²) in [6, 6.07) is 0.505. The van der Waals surface area contributed by atoms with Crippen LogP contribution in [0.1, 0.15) is 59.3 Å². The third-order valence-electron chi connectivity index (χ3n) is 4.33. The highest BCUT2D eigenvalue weighted by molar-refractivity contribution is 5.68. The summed E-state index contributed by atoms with van der Waals surface area (Å²) >= 11 is 0. The van der Waals surface area contributed by atoms with Crippen LogP contribution in [0.25, 0.3) is 0 Å². The molecular weight excluding hydrogens is 292 g/mol. The van der Waals surface area contributed by atoms with Crippen molar-refractivity contribution in [3.63, 3.8) is 0 Å². The molecule has 1 amide bonds. The highest BCUT2D eigenvalue weighted by atomic mass is 16.6. The number of carbonyl (C=O) groups excluding carboxylic acids is 1. The highest BCUT2D eigenvalue weighted by Crippen LogP contribution is 2.28. The van der Waals surface area contributed by atoms with Gasteiger partial charge < -0.3 is 19.7 Å². The van der Waals surface area contributed by atoms with Crippen LogP contribution in [-0.2, 0) is 9.47 Å². The van der Waals surface area contributed by atoms with Crippen molar-refractivity contribution in [2.45, 2.75) is 70.9 Å². The fourth-order valence-electron chi connectivity index (χ4n) is 2.82. The number of likely N-dealkylation sites (tertiary alicyclic amines) is 1. The molecule has 2 fully saturated rings. The summed E-state index contributed by atoms with van der Waals surface area (Å²) in [5, 5.41) is 3.61. The number of carbonyl (C=O) groups is 1. The van der Waals surface area contributed by atoms with Gasteiger partial charge >= 0.3 is 6.09 Å². The van der Waals surface area contributed by atoms with Gasteiger partial charge in [-0.05, 0) is 71.8 Å². The smallest absolute Gasteiger partial charge is 0.410 e. The SMILES string of the molecule is CC(C)(C)OC(=O)N1CCCC(NCCCOCC2CC2)CC1. The molecule has 1 N–H and O–H groups in total. The second-order valence-corrected chi connectivity index (χ2v) is 7.92. The molecule has 2 rings (SSSR count). The number of ether oxygens (including phenoxy) is 2. The molecule has 2 aliphatic rings. The number of hydrogen-bond acceptors (Lipinski definition) is 4. The van der Waals surface area contributed by atoms with E-state index in [0.717, 1.165) is 64.4 Å². The average molecular weight is 326 g/mol.